The molecule has 1 saturated heterocycles. The van der Waals surface area contributed by atoms with E-state index in [1.165, 1.54) is 0 Å². The lowest BCUT2D eigenvalue weighted by Gasteiger charge is -2.38. The van der Waals surface area contributed by atoms with Gasteiger partial charge in [0, 0.05) is 31.9 Å². The molecule has 1 fully saturated rings. The smallest absolute Gasteiger partial charge is 0.330 e. The van der Waals surface area contributed by atoms with Crippen LogP contribution in [0.1, 0.15) is 24.6 Å². The molecule has 1 aliphatic rings. The lowest BCUT2D eigenvalue weighted by molar-refractivity contribution is -0.199. The standard InChI is InChI=1S/C14H23F3N4/c1-3-13-11(7-20(2)19-13)9-21-5-4-12(14(15,16)17)10(6-18)8-21/h7,10,12H,3-6,8-9,18H2,1-2H3. The van der Waals surface area contributed by atoms with Crippen molar-refractivity contribution in [3.63, 3.8) is 0 Å². The summed E-state index contributed by atoms with van der Waals surface area (Å²) in [6.45, 7) is 3.62. The SMILES string of the molecule is CCc1nn(C)cc1CN1CCC(C(F)(F)F)C(CN)C1. The third-order valence-electron chi connectivity index (χ3n) is 4.26. The first-order valence-electron chi connectivity index (χ1n) is 7.35. The van der Waals surface area contributed by atoms with E-state index in [4.69, 9.17) is 5.73 Å². The normalized spacial score (nSPS) is 24.5. The van der Waals surface area contributed by atoms with Gasteiger partial charge in [-0.15, -0.1) is 0 Å². The summed E-state index contributed by atoms with van der Waals surface area (Å²) < 4.78 is 40.7. The zero-order valence-electron chi connectivity index (χ0n) is 12.5. The van der Waals surface area contributed by atoms with Crippen LogP contribution in [0.3, 0.4) is 0 Å². The van der Waals surface area contributed by atoms with E-state index in [1.54, 1.807) is 4.68 Å². The van der Waals surface area contributed by atoms with Gasteiger partial charge in [-0.3, -0.25) is 9.58 Å². The molecule has 1 aromatic rings. The molecule has 0 spiro atoms. The van der Waals surface area contributed by atoms with Crippen molar-refractivity contribution < 1.29 is 13.2 Å². The fraction of sp³-hybridized carbons (Fsp3) is 0.786. The van der Waals surface area contributed by atoms with Crippen molar-refractivity contribution in [2.45, 2.75) is 32.5 Å². The fourth-order valence-corrected chi connectivity index (χ4v) is 3.18. The van der Waals surface area contributed by atoms with Gasteiger partial charge in [-0.1, -0.05) is 6.92 Å². The molecule has 0 amide bonds. The van der Waals surface area contributed by atoms with E-state index in [-0.39, 0.29) is 13.0 Å². The van der Waals surface area contributed by atoms with Gasteiger partial charge in [0.25, 0.3) is 0 Å². The molecule has 21 heavy (non-hydrogen) atoms. The van der Waals surface area contributed by atoms with Crippen LogP contribution >= 0.6 is 0 Å². The highest BCUT2D eigenvalue weighted by Gasteiger charge is 2.46. The predicted octanol–water partition coefficient (Wildman–Crippen LogP) is 1.94. The van der Waals surface area contributed by atoms with Crippen LogP contribution in [0.25, 0.3) is 0 Å². The predicted molar refractivity (Wildman–Crippen MR) is 74.6 cm³/mol. The molecule has 120 valence electrons. The molecule has 2 heterocycles. The molecule has 0 aromatic carbocycles. The first-order chi connectivity index (χ1) is 9.85. The Hall–Kier alpha value is -1.08. The highest BCUT2D eigenvalue weighted by molar-refractivity contribution is 5.17. The number of likely N-dealkylation sites (tertiary alicyclic amines) is 1. The third-order valence-corrected chi connectivity index (χ3v) is 4.26. The molecule has 7 heteroatoms. The number of halogens is 3. The summed E-state index contributed by atoms with van der Waals surface area (Å²) in [5, 5.41) is 4.37. The van der Waals surface area contributed by atoms with Crippen molar-refractivity contribution in [1.82, 2.24) is 14.7 Å². The Kier molecular flexibility index (Phi) is 4.93. The van der Waals surface area contributed by atoms with Crippen molar-refractivity contribution in [2.75, 3.05) is 19.6 Å². The highest BCUT2D eigenvalue weighted by atomic mass is 19.4. The molecule has 0 aliphatic carbocycles. The maximum Gasteiger partial charge on any atom is 0.392 e. The number of hydrogen-bond acceptors (Lipinski definition) is 3. The van der Waals surface area contributed by atoms with Crippen molar-refractivity contribution in [3.05, 3.63) is 17.5 Å². The van der Waals surface area contributed by atoms with Crippen LogP contribution in [0.4, 0.5) is 13.2 Å². The summed E-state index contributed by atoms with van der Waals surface area (Å²) in [5.41, 5.74) is 7.68. The van der Waals surface area contributed by atoms with Crippen molar-refractivity contribution in [3.8, 4) is 0 Å². The summed E-state index contributed by atoms with van der Waals surface area (Å²) in [4.78, 5) is 2.07. The van der Waals surface area contributed by atoms with Crippen LogP contribution in [0.15, 0.2) is 6.20 Å². The lowest BCUT2D eigenvalue weighted by atomic mass is 9.85. The molecular weight excluding hydrogens is 281 g/mol. The van der Waals surface area contributed by atoms with E-state index >= 15 is 0 Å². The number of hydrogen-bond donors (Lipinski definition) is 1. The number of nitrogens with zero attached hydrogens (tertiary/aromatic N) is 3. The van der Waals surface area contributed by atoms with E-state index in [0.29, 0.717) is 19.6 Å². The van der Waals surface area contributed by atoms with Crippen LogP contribution in [0.5, 0.6) is 0 Å². The summed E-state index contributed by atoms with van der Waals surface area (Å²) >= 11 is 0. The maximum absolute atomic E-state index is 13.0. The summed E-state index contributed by atoms with van der Waals surface area (Å²) in [6, 6.07) is 0. The van der Waals surface area contributed by atoms with E-state index in [9.17, 15) is 13.2 Å². The zero-order chi connectivity index (χ0) is 15.6. The van der Waals surface area contributed by atoms with Crippen molar-refractivity contribution >= 4 is 0 Å². The number of piperidine rings is 1. The zero-order valence-corrected chi connectivity index (χ0v) is 12.5. The summed E-state index contributed by atoms with van der Waals surface area (Å²) in [5.74, 6) is -1.78. The van der Waals surface area contributed by atoms with Gasteiger partial charge < -0.3 is 5.73 Å². The van der Waals surface area contributed by atoms with Gasteiger partial charge in [0.15, 0.2) is 0 Å². The van der Waals surface area contributed by atoms with Crippen LogP contribution in [-0.2, 0) is 20.0 Å². The first kappa shape index (κ1) is 16.3. The average molecular weight is 304 g/mol. The van der Waals surface area contributed by atoms with Crippen LogP contribution in [-0.4, -0.2) is 40.5 Å². The third kappa shape index (κ3) is 3.77. The van der Waals surface area contributed by atoms with Gasteiger partial charge in [0.2, 0.25) is 0 Å². The molecule has 4 nitrogen and oxygen atoms in total. The molecule has 2 N–H and O–H groups in total. The van der Waals surface area contributed by atoms with E-state index in [2.05, 4.69) is 10.00 Å². The Morgan fingerprint density at radius 2 is 2.14 bits per heavy atom. The maximum atomic E-state index is 13.0. The number of aromatic nitrogens is 2. The van der Waals surface area contributed by atoms with Gasteiger partial charge in [-0.2, -0.15) is 18.3 Å². The molecular formula is C14H23F3N4. The molecule has 0 radical (unpaired) electrons. The molecule has 2 rings (SSSR count). The van der Waals surface area contributed by atoms with E-state index < -0.39 is 18.0 Å². The number of aryl methyl sites for hydroxylation is 2. The van der Waals surface area contributed by atoms with Gasteiger partial charge in [-0.25, -0.2) is 0 Å². The number of nitrogens with two attached hydrogens (primary N) is 1. The minimum atomic E-state index is -4.14. The van der Waals surface area contributed by atoms with Crippen LogP contribution < -0.4 is 5.73 Å². The molecule has 1 aliphatic heterocycles. The quantitative estimate of drug-likeness (QED) is 0.925. The van der Waals surface area contributed by atoms with Crippen molar-refractivity contribution in [2.24, 2.45) is 24.6 Å². The molecule has 0 bridgehead atoms. The Bertz CT molecular complexity index is 469. The number of alkyl halides is 3. The molecule has 1 aromatic heterocycles. The lowest BCUT2D eigenvalue weighted by Crippen LogP contribution is -2.48. The Morgan fingerprint density at radius 3 is 2.71 bits per heavy atom. The molecule has 2 atom stereocenters. The minimum absolute atomic E-state index is 0.0777. The van der Waals surface area contributed by atoms with Crippen LogP contribution in [0.2, 0.25) is 0 Å². The van der Waals surface area contributed by atoms with Crippen molar-refractivity contribution in [1.29, 1.82) is 0 Å². The fourth-order valence-electron chi connectivity index (χ4n) is 3.18. The second kappa shape index (κ2) is 6.36. The Morgan fingerprint density at radius 1 is 1.43 bits per heavy atom. The molecule has 2 unspecified atom stereocenters. The Labute approximate surface area is 123 Å². The topological polar surface area (TPSA) is 47.1 Å². The second-order valence-corrected chi connectivity index (χ2v) is 5.80. The van der Waals surface area contributed by atoms with Crippen LogP contribution in [0, 0.1) is 11.8 Å². The average Bonchev–Trinajstić information content (AvgIpc) is 2.77. The Balaban J connectivity index is 2.04. The van der Waals surface area contributed by atoms with E-state index in [1.807, 2.05) is 20.2 Å². The summed E-state index contributed by atoms with van der Waals surface area (Å²) in [6.07, 6.45) is -1.23. The van der Waals surface area contributed by atoms with Gasteiger partial charge in [0.05, 0.1) is 11.6 Å². The largest absolute Gasteiger partial charge is 0.392 e. The summed E-state index contributed by atoms with van der Waals surface area (Å²) in [7, 11) is 1.86. The molecule has 0 saturated carbocycles. The van der Waals surface area contributed by atoms with E-state index in [0.717, 1.165) is 17.7 Å². The van der Waals surface area contributed by atoms with Gasteiger partial charge >= 0.3 is 6.18 Å². The highest BCUT2D eigenvalue weighted by Crippen LogP contribution is 2.37. The first-order valence-corrected chi connectivity index (χ1v) is 7.35. The second-order valence-electron chi connectivity index (χ2n) is 5.80. The van der Waals surface area contributed by atoms with Gasteiger partial charge in [-0.05, 0) is 31.8 Å². The van der Waals surface area contributed by atoms with Gasteiger partial charge in [0.1, 0.15) is 0 Å². The number of rotatable bonds is 4. The monoisotopic (exact) mass is 304 g/mol. The minimum Gasteiger partial charge on any atom is -0.330 e.